The van der Waals surface area contributed by atoms with Gasteiger partial charge < -0.3 is 19.5 Å². The summed E-state index contributed by atoms with van der Waals surface area (Å²) in [4.78, 5) is 0. The number of halogens is 1. The first-order chi connectivity index (χ1) is 10.0. The predicted molar refractivity (Wildman–Crippen MR) is 83.3 cm³/mol. The molecular formula is C15H16BClO4. The van der Waals surface area contributed by atoms with Crippen molar-refractivity contribution in [3.05, 3.63) is 52.5 Å². The molecule has 0 aliphatic heterocycles. The van der Waals surface area contributed by atoms with Crippen molar-refractivity contribution in [2.45, 2.75) is 13.5 Å². The van der Waals surface area contributed by atoms with Crippen LogP contribution in [0.4, 0.5) is 0 Å². The van der Waals surface area contributed by atoms with Crippen molar-refractivity contribution in [2.24, 2.45) is 0 Å². The molecule has 6 heteroatoms. The van der Waals surface area contributed by atoms with E-state index >= 15 is 0 Å². The fraction of sp³-hybridized carbons (Fsp3) is 0.200. The van der Waals surface area contributed by atoms with Gasteiger partial charge in [0.05, 0.1) is 12.1 Å². The maximum Gasteiger partial charge on any atom is 0.488 e. The average Bonchev–Trinajstić information content (AvgIpc) is 2.45. The molecule has 0 aliphatic rings. The van der Waals surface area contributed by atoms with Crippen LogP contribution >= 0.6 is 11.6 Å². The molecule has 2 aromatic rings. The smallest absolute Gasteiger partial charge is 0.488 e. The van der Waals surface area contributed by atoms with Gasteiger partial charge in [-0.3, -0.25) is 0 Å². The average molecular weight is 307 g/mol. The van der Waals surface area contributed by atoms with Crippen LogP contribution in [0, 0.1) is 6.92 Å². The minimum atomic E-state index is -1.57. The normalized spacial score (nSPS) is 10.3. The van der Waals surface area contributed by atoms with Gasteiger partial charge in [0.25, 0.3) is 0 Å². The number of methoxy groups -OCH3 is 1. The molecule has 0 heterocycles. The van der Waals surface area contributed by atoms with E-state index in [2.05, 4.69) is 0 Å². The first kappa shape index (κ1) is 15.7. The van der Waals surface area contributed by atoms with E-state index in [0.717, 1.165) is 5.56 Å². The Morgan fingerprint density at radius 3 is 2.52 bits per heavy atom. The monoisotopic (exact) mass is 306 g/mol. The summed E-state index contributed by atoms with van der Waals surface area (Å²) < 4.78 is 10.8. The Morgan fingerprint density at radius 1 is 1.14 bits per heavy atom. The van der Waals surface area contributed by atoms with E-state index < -0.39 is 7.12 Å². The van der Waals surface area contributed by atoms with Crippen molar-refractivity contribution >= 4 is 24.2 Å². The third kappa shape index (κ3) is 3.91. The van der Waals surface area contributed by atoms with E-state index in [1.165, 1.54) is 0 Å². The van der Waals surface area contributed by atoms with Gasteiger partial charge in [-0.25, -0.2) is 0 Å². The third-order valence-corrected chi connectivity index (χ3v) is 3.39. The van der Waals surface area contributed by atoms with Crippen LogP contribution in [0.15, 0.2) is 36.4 Å². The molecule has 0 atom stereocenters. The Morgan fingerprint density at radius 2 is 1.90 bits per heavy atom. The molecular weight excluding hydrogens is 290 g/mol. The third-order valence-electron chi connectivity index (χ3n) is 3.10. The van der Waals surface area contributed by atoms with Crippen LogP contribution in [0.25, 0.3) is 0 Å². The zero-order valence-corrected chi connectivity index (χ0v) is 12.6. The van der Waals surface area contributed by atoms with Crippen LogP contribution in [0.3, 0.4) is 0 Å². The summed E-state index contributed by atoms with van der Waals surface area (Å²) in [5.41, 5.74) is 2.04. The van der Waals surface area contributed by atoms with Crippen LogP contribution in [0.2, 0.25) is 5.02 Å². The summed E-state index contributed by atoms with van der Waals surface area (Å²) >= 11 is 6.11. The molecule has 0 saturated heterocycles. The van der Waals surface area contributed by atoms with Crippen molar-refractivity contribution in [1.82, 2.24) is 0 Å². The Balaban J connectivity index is 2.22. The molecule has 2 rings (SSSR count). The highest BCUT2D eigenvalue weighted by Gasteiger charge is 2.17. The van der Waals surface area contributed by atoms with Gasteiger partial charge in [0.15, 0.2) is 0 Å². The molecule has 0 saturated carbocycles. The molecule has 0 spiro atoms. The highest BCUT2D eigenvalue weighted by molar-refractivity contribution is 6.59. The molecule has 4 nitrogen and oxygen atoms in total. The largest absolute Gasteiger partial charge is 0.497 e. The van der Waals surface area contributed by atoms with Crippen molar-refractivity contribution in [2.75, 3.05) is 7.11 Å². The second kappa shape index (κ2) is 6.85. The van der Waals surface area contributed by atoms with Gasteiger partial charge in [-0.2, -0.15) is 0 Å². The van der Waals surface area contributed by atoms with Gasteiger partial charge >= 0.3 is 7.12 Å². The van der Waals surface area contributed by atoms with E-state index in [0.29, 0.717) is 27.5 Å². The Hall–Kier alpha value is -1.69. The van der Waals surface area contributed by atoms with Gasteiger partial charge in [-0.1, -0.05) is 23.7 Å². The minimum absolute atomic E-state index is 0.160. The van der Waals surface area contributed by atoms with Crippen LogP contribution in [0.1, 0.15) is 11.1 Å². The molecule has 0 fully saturated rings. The fourth-order valence-electron chi connectivity index (χ4n) is 1.96. The number of benzene rings is 2. The lowest BCUT2D eigenvalue weighted by molar-refractivity contribution is 0.305. The maximum atomic E-state index is 9.39. The van der Waals surface area contributed by atoms with E-state index in [1.807, 2.05) is 19.1 Å². The summed E-state index contributed by atoms with van der Waals surface area (Å²) in [6.07, 6.45) is 0. The highest BCUT2D eigenvalue weighted by Crippen LogP contribution is 2.26. The number of rotatable bonds is 5. The molecule has 0 unspecified atom stereocenters. The summed E-state index contributed by atoms with van der Waals surface area (Å²) in [5.74, 6) is 1.16. The molecule has 0 aromatic heterocycles. The first-order valence-electron chi connectivity index (χ1n) is 6.43. The van der Waals surface area contributed by atoms with Gasteiger partial charge in [-0.15, -0.1) is 0 Å². The number of hydrogen-bond acceptors (Lipinski definition) is 4. The number of aryl methyl sites for hydroxylation is 1. The first-order valence-corrected chi connectivity index (χ1v) is 6.81. The lowest BCUT2D eigenvalue weighted by Crippen LogP contribution is -2.33. The van der Waals surface area contributed by atoms with Crippen LogP contribution < -0.4 is 14.9 Å². The zero-order valence-electron chi connectivity index (χ0n) is 11.8. The van der Waals surface area contributed by atoms with Crippen molar-refractivity contribution in [3.8, 4) is 11.5 Å². The minimum Gasteiger partial charge on any atom is -0.497 e. The molecule has 0 bridgehead atoms. The van der Waals surface area contributed by atoms with Crippen molar-refractivity contribution in [1.29, 1.82) is 0 Å². The quantitative estimate of drug-likeness (QED) is 0.829. The Labute approximate surface area is 129 Å². The van der Waals surface area contributed by atoms with E-state index in [1.54, 1.807) is 31.4 Å². The number of ether oxygens (including phenoxy) is 2. The van der Waals surface area contributed by atoms with Gasteiger partial charge in [-0.05, 0) is 47.8 Å². The lowest BCUT2D eigenvalue weighted by Gasteiger charge is -2.13. The summed E-state index contributed by atoms with van der Waals surface area (Å²) in [7, 11) is -0.0192. The predicted octanol–water partition coefficient (Wildman–Crippen LogP) is 1.92. The molecule has 0 radical (unpaired) electrons. The second-order valence-electron chi connectivity index (χ2n) is 4.66. The standard InChI is InChI=1S/C15H16BClO4/c1-10-3-6-15(14(17)7-10)21-9-11-8-12(20-2)4-5-13(11)16(18)19/h3-8,18-19H,9H2,1-2H3. The molecule has 110 valence electrons. The number of hydrogen-bond donors (Lipinski definition) is 2. The summed E-state index contributed by atoms with van der Waals surface area (Å²) in [6.45, 7) is 2.10. The molecule has 2 aromatic carbocycles. The van der Waals surface area contributed by atoms with Crippen LogP contribution in [-0.2, 0) is 6.61 Å². The van der Waals surface area contributed by atoms with Crippen molar-refractivity contribution < 1.29 is 19.5 Å². The molecule has 2 N–H and O–H groups in total. The van der Waals surface area contributed by atoms with E-state index in [-0.39, 0.29) is 6.61 Å². The molecule has 0 aliphatic carbocycles. The van der Waals surface area contributed by atoms with Crippen LogP contribution in [-0.4, -0.2) is 24.3 Å². The van der Waals surface area contributed by atoms with Crippen molar-refractivity contribution in [3.63, 3.8) is 0 Å². The zero-order chi connectivity index (χ0) is 15.4. The Bertz CT molecular complexity index is 631. The van der Waals surface area contributed by atoms with E-state index in [4.69, 9.17) is 21.1 Å². The fourth-order valence-corrected chi connectivity index (χ4v) is 2.25. The molecule has 21 heavy (non-hydrogen) atoms. The lowest BCUT2D eigenvalue weighted by atomic mass is 9.77. The topological polar surface area (TPSA) is 58.9 Å². The summed E-state index contributed by atoms with van der Waals surface area (Å²) in [6, 6.07) is 10.5. The Kier molecular flexibility index (Phi) is 5.12. The van der Waals surface area contributed by atoms with Gasteiger partial charge in [0.2, 0.25) is 0 Å². The van der Waals surface area contributed by atoms with Crippen LogP contribution in [0.5, 0.6) is 11.5 Å². The summed E-state index contributed by atoms with van der Waals surface area (Å²) in [5, 5.41) is 19.3. The highest BCUT2D eigenvalue weighted by atomic mass is 35.5. The van der Waals surface area contributed by atoms with Gasteiger partial charge in [0.1, 0.15) is 18.1 Å². The van der Waals surface area contributed by atoms with Gasteiger partial charge in [0, 0.05) is 0 Å². The molecule has 0 amide bonds. The SMILES string of the molecule is COc1ccc(B(O)O)c(COc2ccc(C)cc2Cl)c1. The second-order valence-corrected chi connectivity index (χ2v) is 5.07. The van der Waals surface area contributed by atoms with E-state index in [9.17, 15) is 10.0 Å². The maximum absolute atomic E-state index is 9.39.